The summed E-state index contributed by atoms with van der Waals surface area (Å²) in [4.78, 5) is 6.53. The molecule has 1 aromatic rings. The van der Waals surface area contributed by atoms with Crippen molar-refractivity contribution >= 4 is 11.9 Å². The van der Waals surface area contributed by atoms with Crippen molar-refractivity contribution < 1.29 is 0 Å². The van der Waals surface area contributed by atoms with Gasteiger partial charge in [0, 0.05) is 13.1 Å². The van der Waals surface area contributed by atoms with E-state index in [1.807, 2.05) is 0 Å². The number of nitrogen functional groups attached to an aromatic ring is 1. The summed E-state index contributed by atoms with van der Waals surface area (Å²) in [6.07, 6.45) is 3.78. The van der Waals surface area contributed by atoms with Crippen LogP contribution in [0.15, 0.2) is 0 Å². The number of aromatic nitrogens is 3. The molecule has 1 aliphatic heterocycles. The Kier molecular flexibility index (Phi) is 2.79. The summed E-state index contributed by atoms with van der Waals surface area (Å²) < 4.78 is 1.78. The largest absolute Gasteiger partial charge is 0.368 e. The summed E-state index contributed by atoms with van der Waals surface area (Å²) in [6, 6.07) is 0.274. The minimum Gasteiger partial charge on any atom is -0.368 e. The maximum atomic E-state index is 5.81. The fourth-order valence-corrected chi connectivity index (χ4v) is 1.93. The summed E-state index contributed by atoms with van der Waals surface area (Å²) in [5.41, 5.74) is 5.81. The van der Waals surface area contributed by atoms with Crippen LogP contribution < -0.4 is 10.6 Å². The third kappa shape index (κ3) is 2.06. The Morgan fingerprint density at radius 1 is 1.20 bits per heavy atom. The van der Waals surface area contributed by atoms with E-state index >= 15 is 0 Å². The molecule has 1 aromatic heterocycles. The van der Waals surface area contributed by atoms with Gasteiger partial charge in [-0.15, -0.1) is 5.10 Å². The molecule has 0 aliphatic carbocycles. The zero-order valence-electron chi connectivity index (χ0n) is 9.48. The van der Waals surface area contributed by atoms with Crippen LogP contribution in [-0.4, -0.2) is 27.9 Å². The molecule has 5 nitrogen and oxygen atoms in total. The van der Waals surface area contributed by atoms with Crippen LogP contribution in [-0.2, 0) is 0 Å². The smallest absolute Gasteiger partial charge is 0.246 e. The lowest BCUT2D eigenvalue weighted by atomic mass is 10.1. The number of nitrogens with zero attached hydrogens (tertiary/aromatic N) is 4. The van der Waals surface area contributed by atoms with Gasteiger partial charge in [0.2, 0.25) is 11.9 Å². The molecule has 0 saturated carbocycles. The zero-order chi connectivity index (χ0) is 10.8. The van der Waals surface area contributed by atoms with Gasteiger partial charge in [0.15, 0.2) is 0 Å². The van der Waals surface area contributed by atoms with Crippen molar-refractivity contribution in [2.24, 2.45) is 0 Å². The van der Waals surface area contributed by atoms with E-state index < -0.39 is 0 Å². The van der Waals surface area contributed by atoms with Crippen LogP contribution in [0, 0.1) is 0 Å². The lowest BCUT2D eigenvalue weighted by molar-refractivity contribution is 0.528. The van der Waals surface area contributed by atoms with Gasteiger partial charge in [-0.25, -0.2) is 4.68 Å². The van der Waals surface area contributed by atoms with E-state index in [0.29, 0.717) is 5.95 Å². The average molecular weight is 209 g/mol. The first kappa shape index (κ1) is 10.3. The van der Waals surface area contributed by atoms with Crippen molar-refractivity contribution in [2.45, 2.75) is 39.2 Å². The van der Waals surface area contributed by atoms with Crippen LogP contribution in [0.4, 0.5) is 11.9 Å². The van der Waals surface area contributed by atoms with E-state index in [1.54, 1.807) is 4.68 Å². The van der Waals surface area contributed by atoms with E-state index in [0.717, 1.165) is 19.0 Å². The molecule has 2 heterocycles. The Morgan fingerprint density at radius 2 is 1.87 bits per heavy atom. The number of hydrogen-bond acceptors (Lipinski definition) is 4. The molecule has 0 spiro atoms. The van der Waals surface area contributed by atoms with Crippen LogP contribution in [0.5, 0.6) is 0 Å². The third-order valence-electron chi connectivity index (χ3n) is 2.77. The van der Waals surface area contributed by atoms with Crippen molar-refractivity contribution in [2.75, 3.05) is 23.7 Å². The molecule has 2 N–H and O–H groups in total. The van der Waals surface area contributed by atoms with Crippen LogP contribution in [0.2, 0.25) is 0 Å². The van der Waals surface area contributed by atoms with Gasteiger partial charge in [-0.2, -0.15) is 4.98 Å². The maximum absolute atomic E-state index is 5.81. The predicted molar refractivity (Wildman–Crippen MR) is 60.9 cm³/mol. The number of rotatable bonds is 2. The van der Waals surface area contributed by atoms with E-state index in [2.05, 4.69) is 28.8 Å². The minimum absolute atomic E-state index is 0.274. The van der Waals surface area contributed by atoms with Crippen molar-refractivity contribution in [1.29, 1.82) is 0 Å². The van der Waals surface area contributed by atoms with Gasteiger partial charge in [0.05, 0.1) is 6.04 Å². The molecule has 2 rings (SSSR count). The van der Waals surface area contributed by atoms with E-state index in [1.165, 1.54) is 19.3 Å². The summed E-state index contributed by atoms with van der Waals surface area (Å²) in [5.74, 6) is 1.31. The second kappa shape index (κ2) is 4.08. The molecule has 15 heavy (non-hydrogen) atoms. The van der Waals surface area contributed by atoms with Gasteiger partial charge in [-0.3, -0.25) is 0 Å². The number of anilines is 2. The van der Waals surface area contributed by atoms with E-state index in [4.69, 9.17) is 5.73 Å². The molecule has 0 amide bonds. The lowest BCUT2D eigenvalue weighted by Gasteiger charge is -2.24. The molecule has 0 unspecified atom stereocenters. The summed E-state index contributed by atoms with van der Waals surface area (Å²) in [5, 5.41) is 4.44. The van der Waals surface area contributed by atoms with Gasteiger partial charge in [-0.05, 0) is 33.1 Å². The van der Waals surface area contributed by atoms with Crippen molar-refractivity contribution in [3.63, 3.8) is 0 Å². The highest BCUT2D eigenvalue weighted by molar-refractivity contribution is 5.35. The normalized spacial score (nSPS) is 17.4. The molecular weight excluding hydrogens is 190 g/mol. The Balaban J connectivity index is 2.17. The fourth-order valence-electron chi connectivity index (χ4n) is 1.93. The first-order chi connectivity index (χ1) is 7.18. The number of nitrogens with two attached hydrogens (primary N) is 1. The average Bonchev–Trinajstić information content (AvgIpc) is 2.62. The first-order valence-electron chi connectivity index (χ1n) is 5.65. The minimum atomic E-state index is 0.274. The quantitative estimate of drug-likeness (QED) is 0.800. The van der Waals surface area contributed by atoms with Gasteiger partial charge in [0.25, 0.3) is 0 Å². The lowest BCUT2D eigenvalue weighted by Crippen LogP contribution is -2.30. The van der Waals surface area contributed by atoms with Crippen molar-refractivity contribution in [3.8, 4) is 0 Å². The second-order valence-corrected chi connectivity index (χ2v) is 4.36. The first-order valence-corrected chi connectivity index (χ1v) is 5.65. The Bertz CT molecular complexity index is 325. The van der Waals surface area contributed by atoms with Crippen LogP contribution in [0.1, 0.15) is 39.2 Å². The third-order valence-corrected chi connectivity index (χ3v) is 2.77. The molecule has 5 heteroatoms. The standard InChI is InChI=1S/C10H19N5/c1-8(2)15-9(11)12-10(13-15)14-6-4-3-5-7-14/h8H,3-7H2,1-2H3,(H2,11,12,13). The molecule has 84 valence electrons. The van der Waals surface area contributed by atoms with Crippen LogP contribution in [0.3, 0.4) is 0 Å². The Labute approximate surface area is 90.3 Å². The van der Waals surface area contributed by atoms with Gasteiger partial charge in [-0.1, -0.05) is 0 Å². The summed E-state index contributed by atoms with van der Waals surface area (Å²) >= 11 is 0. The van der Waals surface area contributed by atoms with Crippen molar-refractivity contribution in [3.05, 3.63) is 0 Å². The van der Waals surface area contributed by atoms with Gasteiger partial charge >= 0.3 is 0 Å². The highest BCUT2D eigenvalue weighted by Gasteiger charge is 2.17. The SMILES string of the molecule is CC(C)n1nc(N2CCCCC2)nc1N. The highest BCUT2D eigenvalue weighted by Crippen LogP contribution is 2.19. The molecule has 0 atom stereocenters. The van der Waals surface area contributed by atoms with Crippen LogP contribution in [0.25, 0.3) is 0 Å². The topological polar surface area (TPSA) is 60.0 Å². The summed E-state index contributed by atoms with van der Waals surface area (Å²) in [7, 11) is 0. The Morgan fingerprint density at radius 3 is 2.40 bits per heavy atom. The zero-order valence-corrected chi connectivity index (χ0v) is 9.48. The van der Waals surface area contributed by atoms with Crippen molar-refractivity contribution in [1.82, 2.24) is 14.8 Å². The molecule has 0 aromatic carbocycles. The second-order valence-electron chi connectivity index (χ2n) is 4.36. The number of piperidine rings is 1. The van der Waals surface area contributed by atoms with E-state index in [-0.39, 0.29) is 6.04 Å². The Hall–Kier alpha value is -1.26. The van der Waals surface area contributed by atoms with Gasteiger partial charge in [0.1, 0.15) is 0 Å². The number of hydrogen-bond donors (Lipinski definition) is 1. The monoisotopic (exact) mass is 209 g/mol. The van der Waals surface area contributed by atoms with Crippen LogP contribution >= 0.6 is 0 Å². The maximum Gasteiger partial charge on any atom is 0.246 e. The fraction of sp³-hybridized carbons (Fsp3) is 0.800. The van der Waals surface area contributed by atoms with E-state index in [9.17, 15) is 0 Å². The molecule has 1 aliphatic rings. The molecule has 0 bridgehead atoms. The molecular formula is C10H19N5. The molecule has 0 radical (unpaired) electrons. The molecule has 1 saturated heterocycles. The van der Waals surface area contributed by atoms with Gasteiger partial charge < -0.3 is 10.6 Å². The predicted octanol–water partition coefficient (Wildman–Crippen LogP) is 1.43. The molecule has 1 fully saturated rings. The highest BCUT2D eigenvalue weighted by atomic mass is 15.5. The summed E-state index contributed by atoms with van der Waals surface area (Å²) in [6.45, 7) is 6.24.